The molecule has 2 rings (SSSR count). The van der Waals surface area contributed by atoms with Gasteiger partial charge in [-0.05, 0) is 42.7 Å². The van der Waals surface area contributed by atoms with Gasteiger partial charge in [-0.25, -0.2) is 0 Å². The van der Waals surface area contributed by atoms with E-state index >= 15 is 0 Å². The van der Waals surface area contributed by atoms with Gasteiger partial charge < -0.3 is 4.74 Å². The summed E-state index contributed by atoms with van der Waals surface area (Å²) in [5, 5.41) is 0. The summed E-state index contributed by atoms with van der Waals surface area (Å²) in [7, 11) is 0. The molecule has 0 N–H and O–H groups in total. The Kier molecular flexibility index (Phi) is 8.32. The lowest BCUT2D eigenvalue weighted by Crippen LogP contribution is -1.88. The smallest absolute Gasteiger partial charge is 0.127 e. The van der Waals surface area contributed by atoms with Crippen molar-refractivity contribution in [3.8, 4) is 11.5 Å². The second-order valence-corrected chi connectivity index (χ2v) is 6.28. The SMILES string of the molecule is CCCCCCCCCCc1ccc(Oc2ccccc2)cc1. The van der Waals surface area contributed by atoms with E-state index in [-0.39, 0.29) is 0 Å². The summed E-state index contributed by atoms with van der Waals surface area (Å²) in [5.41, 5.74) is 1.41. The summed E-state index contributed by atoms with van der Waals surface area (Å²) in [6, 6.07) is 18.5. The van der Waals surface area contributed by atoms with Gasteiger partial charge in [-0.3, -0.25) is 0 Å². The highest BCUT2D eigenvalue weighted by Crippen LogP contribution is 2.21. The van der Waals surface area contributed by atoms with Crippen LogP contribution in [0.3, 0.4) is 0 Å². The average Bonchev–Trinajstić information content (AvgIpc) is 2.60. The molecule has 0 radical (unpaired) electrons. The highest BCUT2D eigenvalue weighted by molar-refractivity contribution is 5.32. The molecule has 0 spiro atoms. The Morgan fingerprint density at radius 2 is 1.17 bits per heavy atom. The molecule has 0 aliphatic heterocycles. The Hall–Kier alpha value is -1.76. The number of rotatable bonds is 11. The first-order valence-corrected chi connectivity index (χ1v) is 9.20. The number of unbranched alkanes of at least 4 members (excludes halogenated alkanes) is 7. The van der Waals surface area contributed by atoms with Gasteiger partial charge in [0, 0.05) is 0 Å². The van der Waals surface area contributed by atoms with Crippen LogP contribution in [0.2, 0.25) is 0 Å². The molecular weight excluding hydrogens is 280 g/mol. The van der Waals surface area contributed by atoms with Gasteiger partial charge in [-0.15, -0.1) is 0 Å². The van der Waals surface area contributed by atoms with E-state index in [9.17, 15) is 0 Å². The average molecular weight is 310 g/mol. The summed E-state index contributed by atoms with van der Waals surface area (Å²) in [6.45, 7) is 2.27. The molecule has 2 aromatic rings. The third kappa shape index (κ3) is 7.36. The maximum Gasteiger partial charge on any atom is 0.127 e. The summed E-state index contributed by atoms with van der Waals surface area (Å²) in [4.78, 5) is 0. The fourth-order valence-corrected chi connectivity index (χ4v) is 2.81. The van der Waals surface area contributed by atoms with E-state index in [1.54, 1.807) is 0 Å². The minimum atomic E-state index is 0.892. The molecule has 124 valence electrons. The molecule has 0 atom stereocenters. The molecule has 1 heteroatoms. The second-order valence-electron chi connectivity index (χ2n) is 6.28. The summed E-state index contributed by atoms with van der Waals surface area (Å²) in [6.07, 6.45) is 12.2. The van der Waals surface area contributed by atoms with Crippen LogP contribution in [0.25, 0.3) is 0 Å². The zero-order chi connectivity index (χ0) is 16.2. The Labute approximate surface area is 141 Å². The maximum atomic E-state index is 5.82. The fraction of sp³-hybridized carbons (Fsp3) is 0.455. The first kappa shape index (κ1) is 17.6. The number of ether oxygens (including phenoxy) is 1. The van der Waals surface area contributed by atoms with Crippen molar-refractivity contribution in [1.82, 2.24) is 0 Å². The molecular formula is C22H30O. The van der Waals surface area contributed by atoms with Gasteiger partial charge in [0.2, 0.25) is 0 Å². The number of aryl methyl sites for hydroxylation is 1. The normalized spacial score (nSPS) is 10.7. The van der Waals surface area contributed by atoms with Gasteiger partial charge in [0.05, 0.1) is 0 Å². The number of para-hydroxylation sites is 1. The van der Waals surface area contributed by atoms with E-state index < -0.39 is 0 Å². The summed E-state index contributed by atoms with van der Waals surface area (Å²) < 4.78 is 5.82. The van der Waals surface area contributed by atoms with E-state index in [1.807, 2.05) is 30.3 Å². The van der Waals surface area contributed by atoms with Crippen LogP contribution in [-0.2, 0) is 6.42 Å². The van der Waals surface area contributed by atoms with Gasteiger partial charge in [0.15, 0.2) is 0 Å². The number of hydrogen-bond donors (Lipinski definition) is 0. The van der Waals surface area contributed by atoms with Crippen LogP contribution in [0, 0.1) is 0 Å². The van der Waals surface area contributed by atoms with Crippen molar-refractivity contribution in [2.75, 3.05) is 0 Å². The van der Waals surface area contributed by atoms with Crippen molar-refractivity contribution in [3.05, 3.63) is 60.2 Å². The lowest BCUT2D eigenvalue weighted by atomic mass is 10.0. The monoisotopic (exact) mass is 310 g/mol. The van der Waals surface area contributed by atoms with E-state index in [0.29, 0.717) is 0 Å². The standard InChI is InChI=1S/C22H30O/c1-2-3-4-5-6-7-8-10-13-20-16-18-22(19-17-20)23-21-14-11-9-12-15-21/h9,11-12,14-19H,2-8,10,13H2,1H3. The van der Waals surface area contributed by atoms with E-state index in [2.05, 4.69) is 31.2 Å². The Morgan fingerprint density at radius 3 is 1.83 bits per heavy atom. The van der Waals surface area contributed by atoms with Gasteiger partial charge in [0.25, 0.3) is 0 Å². The van der Waals surface area contributed by atoms with E-state index in [4.69, 9.17) is 4.74 Å². The minimum absolute atomic E-state index is 0.892. The van der Waals surface area contributed by atoms with Crippen molar-refractivity contribution in [2.24, 2.45) is 0 Å². The molecule has 0 fully saturated rings. The van der Waals surface area contributed by atoms with Gasteiger partial charge in [-0.2, -0.15) is 0 Å². The molecule has 1 nitrogen and oxygen atoms in total. The minimum Gasteiger partial charge on any atom is -0.457 e. The van der Waals surface area contributed by atoms with Crippen LogP contribution in [0.1, 0.15) is 63.9 Å². The third-order valence-corrected chi connectivity index (χ3v) is 4.22. The molecule has 0 amide bonds. The topological polar surface area (TPSA) is 9.23 Å². The first-order chi connectivity index (χ1) is 11.4. The van der Waals surface area contributed by atoms with E-state index in [0.717, 1.165) is 11.5 Å². The van der Waals surface area contributed by atoms with Crippen LogP contribution >= 0.6 is 0 Å². The fourth-order valence-electron chi connectivity index (χ4n) is 2.81. The molecule has 2 aromatic carbocycles. The zero-order valence-corrected chi connectivity index (χ0v) is 14.5. The Bertz CT molecular complexity index is 515. The number of hydrogen-bond acceptors (Lipinski definition) is 1. The molecule has 0 aromatic heterocycles. The third-order valence-electron chi connectivity index (χ3n) is 4.22. The summed E-state index contributed by atoms with van der Waals surface area (Å²) in [5.74, 6) is 1.80. The lowest BCUT2D eigenvalue weighted by molar-refractivity contribution is 0.482. The summed E-state index contributed by atoms with van der Waals surface area (Å²) >= 11 is 0. The van der Waals surface area contributed by atoms with Crippen molar-refractivity contribution >= 4 is 0 Å². The zero-order valence-electron chi connectivity index (χ0n) is 14.5. The van der Waals surface area contributed by atoms with Crippen LogP contribution in [0.5, 0.6) is 11.5 Å². The van der Waals surface area contributed by atoms with Gasteiger partial charge in [-0.1, -0.05) is 82.2 Å². The van der Waals surface area contributed by atoms with E-state index in [1.165, 1.54) is 63.4 Å². The molecule has 0 unspecified atom stereocenters. The maximum absolute atomic E-state index is 5.82. The molecule has 0 bridgehead atoms. The molecule has 0 aliphatic rings. The van der Waals surface area contributed by atoms with Gasteiger partial charge >= 0.3 is 0 Å². The van der Waals surface area contributed by atoms with Crippen LogP contribution in [0.4, 0.5) is 0 Å². The highest BCUT2D eigenvalue weighted by atomic mass is 16.5. The quantitative estimate of drug-likeness (QED) is 0.400. The molecule has 0 saturated carbocycles. The highest BCUT2D eigenvalue weighted by Gasteiger charge is 1.98. The second kappa shape index (κ2) is 10.9. The van der Waals surface area contributed by atoms with Crippen LogP contribution < -0.4 is 4.74 Å². The Balaban J connectivity index is 1.61. The predicted octanol–water partition coefficient (Wildman–Crippen LogP) is 7.16. The predicted molar refractivity (Wildman–Crippen MR) is 99.3 cm³/mol. The molecule has 0 aliphatic carbocycles. The molecule has 0 heterocycles. The largest absolute Gasteiger partial charge is 0.457 e. The molecule has 0 saturated heterocycles. The van der Waals surface area contributed by atoms with Crippen molar-refractivity contribution in [1.29, 1.82) is 0 Å². The number of benzene rings is 2. The van der Waals surface area contributed by atoms with Gasteiger partial charge in [0.1, 0.15) is 11.5 Å². The van der Waals surface area contributed by atoms with Crippen molar-refractivity contribution in [2.45, 2.75) is 64.7 Å². The van der Waals surface area contributed by atoms with Crippen LogP contribution in [0.15, 0.2) is 54.6 Å². The molecule has 23 heavy (non-hydrogen) atoms. The van der Waals surface area contributed by atoms with Crippen LogP contribution in [-0.4, -0.2) is 0 Å². The lowest BCUT2D eigenvalue weighted by Gasteiger charge is -2.07. The van der Waals surface area contributed by atoms with Crippen molar-refractivity contribution in [3.63, 3.8) is 0 Å². The Morgan fingerprint density at radius 1 is 0.609 bits per heavy atom. The van der Waals surface area contributed by atoms with Crippen molar-refractivity contribution < 1.29 is 4.74 Å². The first-order valence-electron chi connectivity index (χ1n) is 9.20.